The Kier molecular flexibility index (Phi) is 7.70. The number of nitrogens with zero attached hydrogens (tertiary/aromatic N) is 1. The number of esters is 1. The van der Waals surface area contributed by atoms with Crippen LogP contribution in [0.5, 0.6) is 11.5 Å². The summed E-state index contributed by atoms with van der Waals surface area (Å²) in [6.45, 7) is 3.17. The zero-order valence-corrected chi connectivity index (χ0v) is 20.1. The molecule has 0 heterocycles. The molecule has 8 nitrogen and oxygen atoms in total. The van der Waals surface area contributed by atoms with E-state index in [4.69, 9.17) is 9.47 Å². The number of anilines is 1. The van der Waals surface area contributed by atoms with Crippen molar-refractivity contribution < 1.29 is 27.5 Å². The molecule has 0 spiro atoms. The summed E-state index contributed by atoms with van der Waals surface area (Å²) >= 11 is 0. The number of aryl methyl sites for hydroxylation is 1. The smallest absolute Gasteiger partial charge is 0.339 e. The molecule has 34 heavy (non-hydrogen) atoms. The molecule has 3 rings (SSSR count). The molecule has 0 aliphatic heterocycles. The molecule has 1 N–H and O–H groups in total. The number of carbonyl (C=O) groups is 2. The first kappa shape index (κ1) is 24.9. The molecule has 178 valence electrons. The van der Waals surface area contributed by atoms with Gasteiger partial charge in [0, 0.05) is 19.8 Å². The Morgan fingerprint density at radius 3 is 2.26 bits per heavy atom. The lowest BCUT2D eigenvalue weighted by Gasteiger charge is -2.17. The maximum atomic E-state index is 12.7. The van der Waals surface area contributed by atoms with Crippen LogP contribution in [0.3, 0.4) is 0 Å². The van der Waals surface area contributed by atoms with E-state index in [1.54, 1.807) is 43.3 Å². The zero-order chi connectivity index (χ0) is 24.9. The first-order chi connectivity index (χ1) is 16.1. The van der Waals surface area contributed by atoms with Crippen LogP contribution in [0.25, 0.3) is 0 Å². The van der Waals surface area contributed by atoms with Gasteiger partial charge in [-0.2, -0.15) is 0 Å². The third-order valence-electron chi connectivity index (χ3n) is 4.95. The minimum absolute atomic E-state index is 0.0401. The van der Waals surface area contributed by atoms with Crippen molar-refractivity contribution in [2.45, 2.75) is 24.8 Å². The highest BCUT2D eigenvalue weighted by molar-refractivity contribution is 7.89. The number of amides is 1. The van der Waals surface area contributed by atoms with E-state index in [9.17, 15) is 18.0 Å². The molecule has 1 amide bonds. The predicted octanol–water partition coefficient (Wildman–Crippen LogP) is 4.22. The first-order valence-electron chi connectivity index (χ1n) is 10.5. The van der Waals surface area contributed by atoms with E-state index >= 15 is 0 Å². The number of benzene rings is 3. The van der Waals surface area contributed by atoms with Gasteiger partial charge in [-0.05, 0) is 61.9 Å². The molecule has 0 aromatic heterocycles. The van der Waals surface area contributed by atoms with Gasteiger partial charge >= 0.3 is 5.97 Å². The molecular weight excluding hydrogens is 456 g/mol. The van der Waals surface area contributed by atoms with Gasteiger partial charge in [0.1, 0.15) is 11.5 Å². The second-order valence-electron chi connectivity index (χ2n) is 7.74. The molecular formula is C25H26N2O6S. The van der Waals surface area contributed by atoms with Crippen molar-refractivity contribution in [2.75, 3.05) is 19.4 Å². The number of nitrogens with one attached hydrogen (secondary N) is 1. The third-order valence-corrected chi connectivity index (χ3v) is 6.76. The second-order valence-corrected chi connectivity index (χ2v) is 9.90. The molecule has 0 saturated carbocycles. The molecule has 3 aromatic carbocycles. The van der Waals surface area contributed by atoms with Crippen LogP contribution in [0.1, 0.15) is 22.8 Å². The van der Waals surface area contributed by atoms with Gasteiger partial charge in [-0.1, -0.05) is 30.3 Å². The highest BCUT2D eigenvalue weighted by Gasteiger charge is 2.22. The molecule has 0 aliphatic carbocycles. The van der Waals surface area contributed by atoms with Gasteiger partial charge in [-0.25, -0.2) is 17.5 Å². The summed E-state index contributed by atoms with van der Waals surface area (Å²) in [7, 11) is -0.818. The summed E-state index contributed by atoms with van der Waals surface area (Å²) in [5.41, 5.74) is 1.20. The minimum Gasteiger partial charge on any atom is -0.457 e. The fourth-order valence-corrected chi connectivity index (χ4v) is 3.86. The fraction of sp³-hybridized carbons (Fsp3) is 0.200. The fourth-order valence-electron chi connectivity index (χ4n) is 2.93. The summed E-state index contributed by atoms with van der Waals surface area (Å²) in [5.74, 6) is -0.212. The van der Waals surface area contributed by atoms with Crippen LogP contribution in [-0.2, 0) is 19.6 Å². The number of ether oxygens (including phenoxy) is 2. The Bertz CT molecular complexity index is 1290. The van der Waals surface area contributed by atoms with Crippen molar-refractivity contribution in [3.05, 3.63) is 83.9 Å². The van der Waals surface area contributed by atoms with Gasteiger partial charge in [0.15, 0.2) is 6.10 Å². The molecule has 1 atom stereocenters. The van der Waals surface area contributed by atoms with Crippen LogP contribution in [-0.4, -0.2) is 44.8 Å². The van der Waals surface area contributed by atoms with Gasteiger partial charge in [0.05, 0.1) is 10.5 Å². The summed E-state index contributed by atoms with van der Waals surface area (Å²) < 4.78 is 36.9. The van der Waals surface area contributed by atoms with Gasteiger partial charge in [-0.3, -0.25) is 4.79 Å². The SMILES string of the molecule is Cc1ccc(S(=O)(=O)N(C)C)cc1NC(=O)C(C)OC(=O)c1cccc(Oc2ccccc2)c1. The first-order valence-corrected chi connectivity index (χ1v) is 11.9. The van der Waals surface area contributed by atoms with Crippen molar-refractivity contribution in [1.29, 1.82) is 0 Å². The highest BCUT2D eigenvalue weighted by Crippen LogP contribution is 2.24. The molecule has 0 aliphatic rings. The van der Waals surface area contributed by atoms with Crippen LogP contribution in [0.4, 0.5) is 5.69 Å². The van der Waals surface area contributed by atoms with Crippen LogP contribution in [0.2, 0.25) is 0 Å². The number of hydrogen-bond donors (Lipinski definition) is 1. The lowest BCUT2D eigenvalue weighted by Crippen LogP contribution is -2.30. The van der Waals surface area contributed by atoms with Crippen LogP contribution >= 0.6 is 0 Å². The predicted molar refractivity (Wildman–Crippen MR) is 129 cm³/mol. The largest absolute Gasteiger partial charge is 0.457 e. The molecule has 9 heteroatoms. The van der Waals surface area contributed by atoms with E-state index in [-0.39, 0.29) is 10.5 Å². The van der Waals surface area contributed by atoms with E-state index in [1.165, 1.54) is 39.2 Å². The number of carbonyl (C=O) groups excluding carboxylic acids is 2. The standard InChI is InChI=1S/C25H26N2O6S/c1-17-13-14-22(34(30,31)27(3)4)16-23(17)26-24(28)18(2)32-25(29)19-9-8-12-21(15-19)33-20-10-6-5-7-11-20/h5-16,18H,1-4H3,(H,26,28). The average molecular weight is 483 g/mol. The van der Waals surface area contributed by atoms with Gasteiger partial charge < -0.3 is 14.8 Å². The van der Waals surface area contributed by atoms with Gasteiger partial charge in [0.25, 0.3) is 5.91 Å². The third kappa shape index (κ3) is 6.00. The van der Waals surface area contributed by atoms with Crippen LogP contribution in [0.15, 0.2) is 77.7 Å². The quantitative estimate of drug-likeness (QED) is 0.482. The molecule has 0 bridgehead atoms. The lowest BCUT2D eigenvalue weighted by molar-refractivity contribution is -0.123. The normalized spacial score (nSPS) is 12.1. The van der Waals surface area contributed by atoms with Gasteiger partial charge in [-0.15, -0.1) is 0 Å². The summed E-state index contributed by atoms with van der Waals surface area (Å²) in [6.07, 6.45) is -1.13. The van der Waals surface area contributed by atoms with E-state index in [0.29, 0.717) is 22.7 Å². The zero-order valence-electron chi connectivity index (χ0n) is 19.3. The second kappa shape index (κ2) is 10.5. The van der Waals surface area contributed by atoms with Crippen molar-refractivity contribution >= 4 is 27.6 Å². The van der Waals surface area contributed by atoms with E-state index in [2.05, 4.69) is 5.32 Å². The Morgan fingerprint density at radius 2 is 1.59 bits per heavy atom. The van der Waals surface area contributed by atoms with Gasteiger partial charge in [0.2, 0.25) is 10.0 Å². The van der Waals surface area contributed by atoms with Crippen molar-refractivity contribution in [3.8, 4) is 11.5 Å². The maximum absolute atomic E-state index is 12.7. The van der Waals surface area contributed by atoms with Crippen LogP contribution < -0.4 is 10.1 Å². The van der Waals surface area contributed by atoms with E-state index in [1.807, 2.05) is 18.2 Å². The number of para-hydroxylation sites is 1. The highest BCUT2D eigenvalue weighted by atomic mass is 32.2. The number of rotatable bonds is 8. The average Bonchev–Trinajstić information content (AvgIpc) is 2.81. The van der Waals surface area contributed by atoms with Crippen molar-refractivity contribution in [1.82, 2.24) is 4.31 Å². The topological polar surface area (TPSA) is 102 Å². The summed E-state index contributed by atoms with van der Waals surface area (Å²) in [6, 6.07) is 20.0. The summed E-state index contributed by atoms with van der Waals surface area (Å²) in [5, 5.41) is 2.64. The molecule has 0 saturated heterocycles. The van der Waals surface area contributed by atoms with E-state index < -0.39 is 28.0 Å². The molecule has 1 unspecified atom stereocenters. The Morgan fingerprint density at radius 1 is 0.912 bits per heavy atom. The molecule has 3 aromatic rings. The minimum atomic E-state index is -3.67. The Hall–Kier alpha value is -3.69. The summed E-state index contributed by atoms with van der Waals surface area (Å²) in [4.78, 5) is 25.3. The lowest BCUT2D eigenvalue weighted by atomic mass is 10.2. The van der Waals surface area contributed by atoms with Crippen molar-refractivity contribution in [3.63, 3.8) is 0 Å². The Labute approximate surface area is 199 Å². The van der Waals surface area contributed by atoms with Crippen LogP contribution in [0, 0.1) is 6.92 Å². The number of hydrogen-bond acceptors (Lipinski definition) is 6. The molecule has 0 fully saturated rings. The van der Waals surface area contributed by atoms with E-state index in [0.717, 1.165) is 4.31 Å². The monoisotopic (exact) mass is 482 g/mol. The van der Waals surface area contributed by atoms with Crippen molar-refractivity contribution in [2.24, 2.45) is 0 Å². The molecule has 0 radical (unpaired) electrons. The number of sulfonamides is 1. The Balaban J connectivity index is 1.68. The maximum Gasteiger partial charge on any atom is 0.339 e.